The Morgan fingerprint density at radius 1 is 1.14 bits per heavy atom. The Morgan fingerprint density at radius 3 is 2.52 bits per heavy atom. The third-order valence-electron chi connectivity index (χ3n) is 3.15. The van der Waals surface area contributed by atoms with E-state index in [1.165, 1.54) is 0 Å². The van der Waals surface area contributed by atoms with Gasteiger partial charge in [-0.1, -0.05) is 0 Å². The number of pyridine rings is 1. The SMILES string of the molecule is Nc1cc2c(cc1Cn1cc(Br)cc(Br)c1=O)OCCO2. The summed E-state index contributed by atoms with van der Waals surface area (Å²) in [6.45, 7) is 1.39. The van der Waals surface area contributed by atoms with E-state index in [0.29, 0.717) is 41.4 Å². The zero-order chi connectivity index (χ0) is 15.0. The van der Waals surface area contributed by atoms with Crippen LogP contribution in [-0.4, -0.2) is 17.8 Å². The van der Waals surface area contributed by atoms with Gasteiger partial charge in [-0.25, -0.2) is 0 Å². The van der Waals surface area contributed by atoms with Crippen molar-refractivity contribution in [2.45, 2.75) is 6.54 Å². The van der Waals surface area contributed by atoms with Crippen LogP contribution < -0.4 is 20.8 Å². The van der Waals surface area contributed by atoms with Gasteiger partial charge in [0.05, 0.1) is 11.0 Å². The molecule has 1 aliphatic rings. The molecule has 21 heavy (non-hydrogen) atoms. The number of nitrogens with zero attached hydrogens (tertiary/aromatic N) is 1. The molecule has 110 valence electrons. The lowest BCUT2D eigenvalue weighted by molar-refractivity contribution is 0.171. The molecule has 1 aliphatic heterocycles. The molecule has 2 N–H and O–H groups in total. The number of rotatable bonds is 2. The van der Waals surface area contributed by atoms with Crippen LogP contribution in [-0.2, 0) is 6.54 Å². The van der Waals surface area contributed by atoms with Gasteiger partial charge < -0.3 is 19.8 Å². The first-order valence-electron chi connectivity index (χ1n) is 6.28. The quantitative estimate of drug-likeness (QED) is 0.766. The second-order valence-corrected chi connectivity index (χ2v) is 6.40. The minimum atomic E-state index is -0.118. The van der Waals surface area contributed by atoms with Gasteiger partial charge in [0.25, 0.3) is 5.56 Å². The lowest BCUT2D eigenvalue weighted by Crippen LogP contribution is -2.22. The van der Waals surface area contributed by atoms with Crippen molar-refractivity contribution in [3.8, 4) is 11.5 Å². The number of benzene rings is 1. The van der Waals surface area contributed by atoms with Gasteiger partial charge in [-0.15, -0.1) is 0 Å². The molecule has 3 rings (SSSR count). The summed E-state index contributed by atoms with van der Waals surface area (Å²) in [5.41, 5.74) is 7.31. The van der Waals surface area contributed by atoms with Crippen molar-refractivity contribution >= 4 is 37.5 Å². The maximum absolute atomic E-state index is 12.1. The van der Waals surface area contributed by atoms with Gasteiger partial charge in [0, 0.05) is 22.4 Å². The molecule has 0 unspecified atom stereocenters. The summed E-state index contributed by atoms with van der Waals surface area (Å²) in [6.07, 6.45) is 1.73. The van der Waals surface area contributed by atoms with E-state index in [0.717, 1.165) is 10.0 Å². The van der Waals surface area contributed by atoms with Crippen LogP contribution in [0, 0.1) is 0 Å². The molecule has 0 atom stereocenters. The lowest BCUT2D eigenvalue weighted by atomic mass is 10.1. The van der Waals surface area contributed by atoms with Crippen LogP contribution in [0.5, 0.6) is 11.5 Å². The average Bonchev–Trinajstić information content (AvgIpc) is 2.45. The minimum Gasteiger partial charge on any atom is -0.486 e. The van der Waals surface area contributed by atoms with Gasteiger partial charge in [0.2, 0.25) is 0 Å². The Morgan fingerprint density at radius 2 is 1.81 bits per heavy atom. The Labute approximate surface area is 137 Å². The van der Waals surface area contributed by atoms with E-state index < -0.39 is 0 Å². The molecule has 0 fully saturated rings. The van der Waals surface area contributed by atoms with Crippen LogP contribution in [0.1, 0.15) is 5.56 Å². The van der Waals surface area contributed by atoms with Gasteiger partial charge in [-0.2, -0.15) is 0 Å². The highest BCUT2D eigenvalue weighted by atomic mass is 79.9. The summed E-state index contributed by atoms with van der Waals surface area (Å²) < 4.78 is 13.9. The molecule has 0 spiro atoms. The first kappa shape index (κ1) is 14.5. The molecule has 5 nitrogen and oxygen atoms in total. The van der Waals surface area contributed by atoms with Gasteiger partial charge in [-0.3, -0.25) is 4.79 Å². The van der Waals surface area contributed by atoms with Gasteiger partial charge in [0.1, 0.15) is 13.2 Å². The highest BCUT2D eigenvalue weighted by molar-refractivity contribution is 9.11. The summed E-state index contributed by atoms with van der Waals surface area (Å²) in [7, 11) is 0. The first-order valence-corrected chi connectivity index (χ1v) is 7.86. The molecule has 1 aromatic carbocycles. The molecule has 0 radical (unpaired) electrons. The van der Waals surface area contributed by atoms with Crippen molar-refractivity contribution in [3.05, 3.63) is 49.3 Å². The Balaban J connectivity index is 2.01. The van der Waals surface area contributed by atoms with E-state index in [1.807, 2.05) is 6.07 Å². The van der Waals surface area contributed by atoms with Crippen molar-refractivity contribution in [2.75, 3.05) is 18.9 Å². The van der Waals surface area contributed by atoms with Crippen LogP contribution in [0.2, 0.25) is 0 Å². The van der Waals surface area contributed by atoms with Crippen LogP contribution in [0.3, 0.4) is 0 Å². The fourth-order valence-electron chi connectivity index (χ4n) is 2.15. The maximum atomic E-state index is 12.1. The molecule has 0 amide bonds. The van der Waals surface area contributed by atoms with Crippen LogP contribution >= 0.6 is 31.9 Å². The Bertz CT molecular complexity index is 759. The highest BCUT2D eigenvalue weighted by Gasteiger charge is 2.15. The fourth-order valence-corrected chi connectivity index (χ4v) is 3.41. The van der Waals surface area contributed by atoms with Crippen molar-refractivity contribution < 1.29 is 9.47 Å². The van der Waals surface area contributed by atoms with Crippen molar-refractivity contribution in [2.24, 2.45) is 0 Å². The van der Waals surface area contributed by atoms with Crippen LogP contribution in [0.15, 0.2) is 38.1 Å². The van der Waals surface area contributed by atoms with E-state index >= 15 is 0 Å². The van der Waals surface area contributed by atoms with E-state index in [1.54, 1.807) is 22.9 Å². The normalized spacial score (nSPS) is 13.2. The zero-order valence-corrected chi connectivity index (χ0v) is 14.1. The maximum Gasteiger partial charge on any atom is 0.265 e. The van der Waals surface area contributed by atoms with Gasteiger partial charge in [0.15, 0.2) is 11.5 Å². The van der Waals surface area contributed by atoms with Crippen LogP contribution in [0.4, 0.5) is 5.69 Å². The number of ether oxygens (including phenoxy) is 2. The lowest BCUT2D eigenvalue weighted by Gasteiger charge is -2.20. The van der Waals surface area contributed by atoms with Crippen molar-refractivity contribution in [3.63, 3.8) is 0 Å². The third kappa shape index (κ3) is 2.94. The molecule has 2 aromatic rings. The second kappa shape index (κ2) is 5.73. The topological polar surface area (TPSA) is 66.5 Å². The van der Waals surface area contributed by atoms with Crippen molar-refractivity contribution in [1.29, 1.82) is 0 Å². The number of anilines is 1. The molecular weight excluding hydrogens is 404 g/mol. The predicted molar refractivity (Wildman–Crippen MR) is 87.0 cm³/mol. The largest absolute Gasteiger partial charge is 0.486 e. The highest BCUT2D eigenvalue weighted by Crippen LogP contribution is 2.34. The summed E-state index contributed by atoms with van der Waals surface area (Å²) in [6, 6.07) is 5.28. The number of fused-ring (bicyclic) bond motifs is 1. The first-order chi connectivity index (χ1) is 10.0. The molecule has 0 saturated heterocycles. The number of aromatic nitrogens is 1. The second-order valence-electron chi connectivity index (χ2n) is 4.63. The Hall–Kier alpha value is -1.47. The van der Waals surface area contributed by atoms with E-state index in [9.17, 15) is 4.79 Å². The number of nitrogens with two attached hydrogens (primary N) is 1. The molecule has 0 bridgehead atoms. The number of hydrogen-bond donors (Lipinski definition) is 1. The number of nitrogen functional groups attached to an aromatic ring is 1. The fraction of sp³-hybridized carbons (Fsp3) is 0.214. The zero-order valence-electron chi connectivity index (χ0n) is 10.9. The van der Waals surface area contributed by atoms with Crippen molar-refractivity contribution in [1.82, 2.24) is 4.57 Å². The molecule has 7 heteroatoms. The monoisotopic (exact) mass is 414 g/mol. The average molecular weight is 416 g/mol. The Kier molecular flexibility index (Phi) is 3.95. The molecule has 0 saturated carbocycles. The van der Waals surface area contributed by atoms with Gasteiger partial charge >= 0.3 is 0 Å². The van der Waals surface area contributed by atoms with Gasteiger partial charge in [-0.05, 0) is 49.6 Å². The number of halogens is 2. The summed E-state index contributed by atoms with van der Waals surface area (Å²) in [5.74, 6) is 1.30. The van der Waals surface area contributed by atoms with E-state index in [-0.39, 0.29) is 5.56 Å². The van der Waals surface area contributed by atoms with Crippen LogP contribution in [0.25, 0.3) is 0 Å². The molecule has 2 heterocycles. The number of hydrogen-bond acceptors (Lipinski definition) is 4. The smallest absolute Gasteiger partial charge is 0.265 e. The molecular formula is C14H12Br2N2O3. The standard InChI is InChI=1S/C14H12Br2N2O3/c15-9-4-10(16)14(19)18(7-9)6-8-3-12-13(5-11(8)17)21-2-1-20-12/h3-5,7H,1-2,6,17H2. The summed E-state index contributed by atoms with van der Waals surface area (Å²) >= 11 is 6.62. The molecule has 0 aliphatic carbocycles. The third-order valence-corrected chi connectivity index (χ3v) is 4.16. The van der Waals surface area contributed by atoms with E-state index in [2.05, 4.69) is 31.9 Å². The predicted octanol–water partition coefficient (Wildman–Crippen LogP) is 2.78. The summed E-state index contributed by atoms with van der Waals surface area (Å²) in [4.78, 5) is 12.1. The minimum absolute atomic E-state index is 0.118. The molecule has 1 aromatic heterocycles. The van der Waals surface area contributed by atoms with E-state index in [4.69, 9.17) is 15.2 Å². The summed E-state index contributed by atoms with van der Waals surface area (Å²) in [5, 5.41) is 0.